The second-order valence-corrected chi connectivity index (χ2v) is 3.86. The van der Waals surface area contributed by atoms with Crippen molar-refractivity contribution in [1.29, 1.82) is 5.26 Å². The summed E-state index contributed by atoms with van der Waals surface area (Å²) < 4.78 is 5.73. The molecular formula is C13H15NO. The topological polar surface area (TPSA) is 33.0 Å². The highest BCUT2D eigenvalue weighted by atomic mass is 16.5. The average Bonchev–Trinajstić information content (AvgIpc) is 2.30. The average molecular weight is 201 g/mol. The monoisotopic (exact) mass is 201 g/mol. The second kappa shape index (κ2) is 4.95. The van der Waals surface area contributed by atoms with Crippen molar-refractivity contribution in [3.8, 4) is 6.07 Å². The predicted molar refractivity (Wildman–Crippen MR) is 58.3 cm³/mol. The van der Waals surface area contributed by atoms with Gasteiger partial charge in [-0.15, -0.1) is 0 Å². The van der Waals surface area contributed by atoms with Crippen LogP contribution in [-0.4, -0.2) is 6.61 Å². The first-order valence-electron chi connectivity index (χ1n) is 5.48. The molecule has 1 aromatic rings. The zero-order valence-corrected chi connectivity index (χ0v) is 8.78. The van der Waals surface area contributed by atoms with Crippen LogP contribution in [0.5, 0.6) is 0 Å². The van der Waals surface area contributed by atoms with E-state index in [4.69, 9.17) is 10.00 Å². The van der Waals surface area contributed by atoms with E-state index in [2.05, 4.69) is 30.3 Å². The van der Waals surface area contributed by atoms with E-state index >= 15 is 0 Å². The summed E-state index contributed by atoms with van der Waals surface area (Å²) in [5.74, 6) is 0. The summed E-state index contributed by atoms with van der Waals surface area (Å²) in [5, 5.41) is 8.46. The van der Waals surface area contributed by atoms with E-state index in [-0.39, 0.29) is 6.10 Å². The van der Waals surface area contributed by atoms with Gasteiger partial charge in [-0.1, -0.05) is 24.3 Å². The summed E-state index contributed by atoms with van der Waals surface area (Å²) in [6.45, 7) is 0.551. The van der Waals surface area contributed by atoms with Crippen molar-refractivity contribution in [2.75, 3.05) is 6.61 Å². The number of rotatable bonds is 3. The lowest BCUT2D eigenvalue weighted by Gasteiger charge is -2.25. The number of benzene rings is 1. The minimum Gasteiger partial charge on any atom is -0.372 e. The van der Waals surface area contributed by atoms with Crippen LogP contribution in [0.4, 0.5) is 0 Å². The van der Waals surface area contributed by atoms with Gasteiger partial charge in [0, 0.05) is 0 Å². The smallest absolute Gasteiger partial charge is 0.0828 e. The third kappa shape index (κ3) is 2.37. The van der Waals surface area contributed by atoms with E-state index in [0.29, 0.717) is 13.0 Å². The second-order valence-electron chi connectivity index (χ2n) is 3.86. The van der Waals surface area contributed by atoms with Gasteiger partial charge in [0.15, 0.2) is 0 Å². The molecule has 0 saturated carbocycles. The van der Waals surface area contributed by atoms with Crippen LogP contribution in [0.1, 0.15) is 36.5 Å². The summed E-state index contributed by atoms with van der Waals surface area (Å²) in [6, 6.07) is 10.6. The molecule has 0 spiro atoms. The Bertz CT molecular complexity index is 367. The molecule has 1 aromatic carbocycles. The standard InChI is InChI=1S/C13H15NO/c14-9-4-10-15-13-8-3-6-11-5-1-2-7-12(11)13/h1-2,5,7,13H,3-4,6,8,10H2. The minimum absolute atomic E-state index is 0.211. The molecule has 1 atom stereocenters. The van der Waals surface area contributed by atoms with Crippen molar-refractivity contribution >= 4 is 0 Å². The van der Waals surface area contributed by atoms with Gasteiger partial charge in [0.2, 0.25) is 0 Å². The van der Waals surface area contributed by atoms with Gasteiger partial charge in [0.1, 0.15) is 0 Å². The maximum absolute atomic E-state index is 8.46. The first-order chi connectivity index (χ1) is 7.42. The fourth-order valence-corrected chi connectivity index (χ4v) is 2.13. The molecule has 15 heavy (non-hydrogen) atoms. The van der Waals surface area contributed by atoms with Gasteiger partial charge in [0.05, 0.1) is 25.2 Å². The minimum atomic E-state index is 0.211. The number of nitrogens with zero attached hydrogens (tertiary/aromatic N) is 1. The lowest BCUT2D eigenvalue weighted by atomic mass is 9.89. The van der Waals surface area contributed by atoms with Crippen molar-refractivity contribution in [2.45, 2.75) is 31.8 Å². The number of nitriles is 1. The van der Waals surface area contributed by atoms with Crippen molar-refractivity contribution in [3.63, 3.8) is 0 Å². The molecule has 0 heterocycles. The highest BCUT2D eigenvalue weighted by molar-refractivity contribution is 5.31. The lowest BCUT2D eigenvalue weighted by molar-refractivity contribution is 0.0445. The molecule has 0 fully saturated rings. The molecule has 0 aromatic heterocycles. The molecule has 0 N–H and O–H groups in total. The van der Waals surface area contributed by atoms with Crippen molar-refractivity contribution in [1.82, 2.24) is 0 Å². The summed E-state index contributed by atoms with van der Waals surface area (Å²) in [6.07, 6.45) is 4.13. The summed E-state index contributed by atoms with van der Waals surface area (Å²) >= 11 is 0. The molecule has 0 saturated heterocycles. The maximum atomic E-state index is 8.46. The molecule has 78 valence electrons. The Morgan fingerprint density at radius 1 is 1.40 bits per heavy atom. The van der Waals surface area contributed by atoms with Gasteiger partial charge in [-0.05, 0) is 30.4 Å². The first kappa shape index (κ1) is 10.2. The Hall–Kier alpha value is -1.33. The van der Waals surface area contributed by atoms with Crippen molar-refractivity contribution < 1.29 is 4.74 Å². The number of hydrogen-bond donors (Lipinski definition) is 0. The molecule has 0 radical (unpaired) electrons. The van der Waals surface area contributed by atoms with E-state index in [0.717, 1.165) is 12.8 Å². The number of hydrogen-bond acceptors (Lipinski definition) is 2. The molecule has 2 nitrogen and oxygen atoms in total. The zero-order chi connectivity index (χ0) is 10.5. The third-order valence-corrected chi connectivity index (χ3v) is 2.85. The van der Waals surface area contributed by atoms with Gasteiger partial charge in [-0.25, -0.2) is 0 Å². The normalized spacial score (nSPS) is 19.3. The Balaban J connectivity index is 2.06. The molecule has 1 unspecified atom stereocenters. The largest absolute Gasteiger partial charge is 0.372 e. The highest BCUT2D eigenvalue weighted by Gasteiger charge is 2.19. The van der Waals surface area contributed by atoms with E-state index < -0.39 is 0 Å². The van der Waals surface area contributed by atoms with Crippen molar-refractivity contribution in [3.05, 3.63) is 35.4 Å². The fourth-order valence-electron chi connectivity index (χ4n) is 2.13. The third-order valence-electron chi connectivity index (χ3n) is 2.85. The van der Waals surface area contributed by atoms with Crippen LogP contribution in [0.25, 0.3) is 0 Å². The van der Waals surface area contributed by atoms with Crippen LogP contribution >= 0.6 is 0 Å². The van der Waals surface area contributed by atoms with Gasteiger partial charge in [0.25, 0.3) is 0 Å². The number of aryl methyl sites for hydroxylation is 1. The molecule has 0 bridgehead atoms. The molecule has 0 aliphatic heterocycles. The quantitative estimate of drug-likeness (QED) is 0.704. The highest BCUT2D eigenvalue weighted by Crippen LogP contribution is 2.32. The van der Waals surface area contributed by atoms with Gasteiger partial charge < -0.3 is 4.74 Å². The van der Waals surface area contributed by atoms with Crippen LogP contribution in [0.15, 0.2) is 24.3 Å². The Labute approximate surface area is 90.5 Å². The van der Waals surface area contributed by atoms with Crippen LogP contribution in [-0.2, 0) is 11.2 Å². The van der Waals surface area contributed by atoms with Crippen LogP contribution in [0.3, 0.4) is 0 Å². The van der Waals surface area contributed by atoms with Gasteiger partial charge >= 0.3 is 0 Å². The lowest BCUT2D eigenvalue weighted by Crippen LogP contribution is -2.13. The van der Waals surface area contributed by atoms with E-state index in [9.17, 15) is 0 Å². The molecule has 1 aliphatic rings. The number of ether oxygens (including phenoxy) is 1. The molecular weight excluding hydrogens is 186 g/mol. The van der Waals surface area contributed by atoms with Crippen LogP contribution < -0.4 is 0 Å². The summed E-state index contributed by atoms with van der Waals surface area (Å²) in [5.41, 5.74) is 2.73. The zero-order valence-electron chi connectivity index (χ0n) is 8.78. The maximum Gasteiger partial charge on any atom is 0.0828 e. The number of fused-ring (bicyclic) bond motifs is 1. The van der Waals surface area contributed by atoms with E-state index in [1.54, 1.807) is 0 Å². The Morgan fingerprint density at radius 3 is 3.13 bits per heavy atom. The van der Waals surface area contributed by atoms with Gasteiger partial charge in [-0.3, -0.25) is 0 Å². The molecule has 0 amide bonds. The molecule has 1 aliphatic carbocycles. The molecule has 2 rings (SSSR count). The SMILES string of the molecule is N#CCCOC1CCCc2ccccc21. The summed E-state index contributed by atoms with van der Waals surface area (Å²) in [4.78, 5) is 0. The molecule has 2 heteroatoms. The van der Waals surface area contributed by atoms with Crippen molar-refractivity contribution in [2.24, 2.45) is 0 Å². The fraction of sp³-hybridized carbons (Fsp3) is 0.462. The van der Waals surface area contributed by atoms with Crippen LogP contribution in [0, 0.1) is 11.3 Å². The van der Waals surface area contributed by atoms with E-state index in [1.807, 2.05) is 0 Å². The Kier molecular flexibility index (Phi) is 3.37. The van der Waals surface area contributed by atoms with E-state index in [1.165, 1.54) is 17.5 Å². The van der Waals surface area contributed by atoms with Gasteiger partial charge in [-0.2, -0.15) is 5.26 Å². The first-order valence-corrected chi connectivity index (χ1v) is 5.48. The van der Waals surface area contributed by atoms with Crippen LogP contribution in [0.2, 0.25) is 0 Å². The summed E-state index contributed by atoms with van der Waals surface area (Å²) in [7, 11) is 0. The Morgan fingerprint density at radius 2 is 2.27 bits per heavy atom. The predicted octanol–water partition coefficient (Wildman–Crippen LogP) is 2.99.